The van der Waals surface area contributed by atoms with Gasteiger partial charge in [0.05, 0.1) is 0 Å². The second kappa shape index (κ2) is 6.70. The van der Waals surface area contributed by atoms with Crippen molar-refractivity contribution in [2.75, 3.05) is 6.54 Å². The van der Waals surface area contributed by atoms with E-state index in [4.69, 9.17) is 10.5 Å². The molecule has 0 heterocycles. The van der Waals surface area contributed by atoms with Crippen molar-refractivity contribution < 1.29 is 13.9 Å². The number of nitrogens with two attached hydrogens (primary N) is 1. The van der Waals surface area contributed by atoms with Crippen LogP contribution in [0.25, 0.3) is 0 Å². The number of halogens is 1. The van der Waals surface area contributed by atoms with Crippen LogP contribution in [0, 0.1) is 5.82 Å². The number of nitrogens with one attached hydrogen (secondary N) is 1. The van der Waals surface area contributed by atoms with E-state index in [0.29, 0.717) is 6.54 Å². The molecule has 0 aliphatic carbocycles. The maximum Gasteiger partial charge on any atom is 0.407 e. The van der Waals surface area contributed by atoms with E-state index in [0.717, 1.165) is 5.56 Å². The molecule has 1 rings (SSSR count). The maximum absolute atomic E-state index is 12.9. The molecule has 2 unspecified atom stereocenters. The summed E-state index contributed by atoms with van der Waals surface area (Å²) in [6.45, 7) is 7.64. The van der Waals surface area contributed by atoms with Gasteiger partial charge in [0, 0.05) is 12.6 Å². The van der Waals surface area contributed by atoms with Crippen molar-refractivity contribution in [2.45, 2.75) is 45.3 Å². The highest BCUT2D eigenvalue weighted by molar-refractivity contribution is 5.67. The van der Waals surface area contributed by atoms with Gasteiger partial charge in [-0.05, 0) is 44.4 Å². The number of hydrogen-bond acceptors (Lipinski definition) is 3. The number of carbonyl (C=O) groups is 1. The van der Waals surface area contributed by atoms with E-state index >= 15 is 0 Å². The van der Waals surface area contributed by atoms with Gasteiger partial charge in [-0.3, -0.25) is 0 Å². The molecule has 1 aromatic carbocycles. The third kappa shape index (κ3) is 5.57. The molecule has 0 spiro atoms. The summed E-state index contributed by atoms with van der Waals surface area (Å²) in [6.07, 6.45) is -0.487. The van der Waals surface area contributed by atoms with Gasteiger partial charge in [0.2, 0.25) is 0 Å². The number of carbonyl (C=O) groups excluding carboxylic acids is 1. The summed E-state index contributed by atoms with van der Waals surface area (Å²) in [5.74, 6) is -0.271. The molecule has 3 N–H and O–H groups in total. The first-order valence-corrected chi connectivity index (χ1v) is 6.67. The van der Waals surface area contributed by atoms with Gasteiger partial charge in [-0.1, -0.05) is 19.1 Å². The molecule has 2 atom stereocenters. The lowest BCUT2D eigenvalue weighted by molar-refractivity contribution is 0.0523. The summed E-state index contributed by atoms with van der Waals surface area (Å²) < 4.78 is 18.0. The summed E-state index contributed by atoms with van der Waals surface area (Å²) in [6, 6.07) is 5.94. The minimum Gasteiger partial charge on any atom is -0.444 e. The summed E-state index contributed by atoms with van der Waals surface area (Å²) in [5, 5.41) is 2.64. The van der Waals surface area contributed by atoms with Gasteiger partial charge in [-0.25, -0.2) is 9.18 Å². The zero-order valence-corrected chi connectivity index (χ0v) is 12.4. The molecule has 0 saturated carbocycles. The Labute approximate surface area is 119 Å². The first-order valence-electron chi connectivity index (χ1n) is 6.67. The molecule has 1 aromatic rings. The van der Waals surface area contributed by atoms with Crippen molar-refractivity contribution in [3.63, 3.8) is 0 Å². The second-order valence-electron chi connectivity index (χ2n) is 5.89. The molecule has 0 aliphatic rings. The molecule has 5 heteroatoms. The average molecular weight is 282 g/mol. The largest absolute Gasteiger partial charge is 0.444 e. The van der Waals surface area contributed by atoms with Gasteiger partial charge < -0.3 is 15.8 Å². The Hall–Kier alpha value is -1.62. The van der Waals surface area contributed by atoms with Gasteiger partial charge >= 0.3 is 6.09 Å². The Morgan fingerprint density at radius 3 is 2.40 bits per heavy atom. The van der Waals surface area contributed by atoms with Crippen LogP contribution in [-0.2, 0) is 4.74 Å². The van der Waals surface area contributed by atoms with Crippen molar-refractivity contribution in [2.24, 2.45) is 5.73 Å². The number of benzene rings is 1. The van der Waals surface area contributed by atoms with E-state index in [1.807, 2.05) is 6.92 Å². The molecule has 20 heavy (non-hydrogen) atoms. The monoisotopic (exact) mass is 282 g/mol. The second-order valence-corrected chi connectivity index (χ2v) is 5.89. The van der Waals surface area contributed by atoms with E-state index in [2.05, 4.69) is 5.32 Å². The van der Waals surface area contributed by atoms with Gasteiger partial charge in [-0.15, -0.1) is 0 Å². The molecule has 0 radical (unpaired) electrons. The van der Waals surface area contributed by atoms with Crippen LogP contribution < -0.4 is 11.1 Å². The molecule has 0 fully saturated rings. The number of hydrogen-bond donors (Lipinski definition) is 2. The first-order chi connectivity index (χ1) is 9.19. The Bertz CT molecular complexity index is 440. The topological polar surface area (TPSA) is 64.3 Å². The van der Waals surface area contributed by atoms with Crippen LogP contribution >= 0.6 is 0 Å². The molecular weight excluding hydrogens is 259 g/mol. The van der Waals surface area contributed by atoms with Gasteiger partial charge in [-0.2, -0.15) is 0 Å². The predicted octanol–water partition coefficient (Wildman–Crippen LogP) is 2.78. The van der Waals surface area contributed by atoms with Crippen LogP contribution in [0.2, 0.25) is 0 Å². The number of rotatable bonds is 4. The molecule has 0 saturated heterocycles. The highest BCUT2D eigenvalue weighted by Gasteiger charge is 2.19. The quantitative estimate of drug-likeness (QED) is 0.892. The van der Waals surface area contributed by atoms with Crippen LogP contribution in [0.1, 0.15) is 39.2 Å². The normalized spacial score (nSPS) is 14.5. The smallest absolute Gasteiger partial charge is 0.407 e. The number of ether oxygens (including phenoxy) is 1. The van der Waals surface area contributed by atoms with Gasteiger partial charge in [0.1, 0.15) is 11.4 Å². The number of amides is 1. The van der Waals surface area contributed by atoms with Crippen molar-refractivity contribution in [1.29, 1.82) is 0 Å². The minimum absolute atomic E-state index is 0.00513. The predicted molar refractivity (Wildman–Crippen MR) is 77.0 cm³/mol. The maximum atomic E-state index is 12.9. The van der Waals surface area contributed by atoms with E-state index in [-0.39, 0.29) is 17.8 Å². The Morgan fingerprint density at radius 1 is 1.35 bits per heavy atom. The summed E-state index contributed by atoms with van der Waals surface area (Å²) in [5.41, 5.74) is 6.44. The van der Waals surface area contributed by atoms with E-state index < -0.39 is 11.7 Å². The fourth-order valence-corrected chi connectivity index (χ4v) is 1.71. The lowest BCUT2D eigenvalue weighted by Crippen LogP contribution is -2.42. The summed E-state index contributed by atoms with van der Waals surface area (Å²) in [4.78, 5) is 11.5. The number of alkyl carbamates (subject to hydrolysis) is 1. The van der Waals surface area contributed by atoms with Crippen LogP contribution in [0.5, 0.6) is 0 Å². The highest BCUT2D eigenvalue weighted by atomic mass is 19.1. The van der Waals surface area contributed by atoms with E-state index in [1.54, 1.807) is 32.9 Å². The molecule has 4 nitrogen and oxygen atoms in total. The fourth-order valence-electron chi connectivity index (χ4n) is 1.71. The average Bonchev–Trinajstić information content (AvgIpc) is 2.34. The zero-order valence-electron chi connectivity index (χ0n) is 12.4. The van der Waals surface area contributed by atoms with E-state index in [9.17, 15) is 9.18 Å². The third-order valence-electron chi connectivity index (χ3n) is 2.92. The van der Waals surface area contributed by atoms with Crippen LogP contribution in [0.3, 0.4) is 0 Å². The van der Waals surface area contributed by atoms with Gasteiger partial charge in [0.15, 0.2) is 0 Å². The Balaban J connectivity index is 2.48. The first kappa shape index (κ1) is 16.4. The molecule has 0 aromatic heterocycles. The highest BCUT2D eigenvalue weighted by Crippen LogP contribution is 2.18. The van der Waals surface area contributed by atoms with Crippen molar-refractivity contribution >= 4 is 6.09 Å². The Morgan fingerprint density at radius 2 is 1.90 bits per heavy atom. The van der Waals surface area contributed by atoms with Crippen LogP contribution in [-0.4, -0.2) is 24.3 Å². The van der Waals surface area contributed by atoms with Crippen LogP contribution in [0.15, 0.2) is 24.3 Å². The standard InChI is InChI=1S/C15H23FN2O2/c1-10(11-5-7-12(16)8-6-11)13(17)9-18-14(19)20-15(2,3)4/h5-8,10,13H,9,17H2,1-4H3,(H,18,19). The SMILES string of the molecule is CC(c1ccc(F)cc1)C(N)CNC(=O)OC(C)(C)C. The molecule has 1 amide bonds. The molecule has 0 bridgehead atoms. The lowest BCUT2D eigenvalue weighted by atomic mass is 9.94. The summed E-state index contributed by atoms with van der Waals surface area (Å²) >= 11 is 0. The van der Waals surface area contributed by atoms with Crippen molar-refractivity contribution in [1.82, 2.24) is 5.32 Å². The molecule has 0 aliphatic heterocycles. The molecular formula is C15H23FN2O2. The van der Waals surface area contributed by atoms with Crippen LogP contribution in [0.4, 0.5) is 9.18 Å². The lowest BCUT2D eigenvalue weighted by Gasteiger charge is -2.23. The third-order valence-corrected chi connectivity index (χ3v) is 2.92. The van der Waals surface area contributed by atoms with E-state index in [1.165, 1.54) is 12.1 Å². The fraction of sp³-hybridized carbons (Fsp3) is 0.533. The minimum atomic E-state index is -0.531. The van der Waals surface area contributed by atoms with Gasteiger partial charge in [0.25, 0.3) is 0 Å². The molecule has 112 valence electrons. The van der Waals surface area contributed by atoms with Crippen molar-refractivity contribution in [3.05, 3.63) is 35.6 Å². The van der Waals surface area contributed by atoms with Crippen molar-refractivity contribution in [3.8, 4) is 0 Å². The Kier molecular flexibility index (Phi) is 5.51. The zero-order chi connectivity index (χ0) is 15.3. The summed E-state index contributed by atoms with van der Waals surface area (Å²) in [7, 11) is 0.